The van der Waals surface area contributed by atoms with E-state index < -0.39 is 0 Å². The molecule has 84 valence electrons. The van der Waals surface area contributed by atoms with Gasteiger partial charge in [-0.15, -0.1) is 12.4 Å². The van der Waals surface area contributed by atoms with Gasteiger partial charge in [-0.05, 0) is 25.5 Å². The Hall–Kier alpha value is -0.870. The van der Waals surface area contributed by atoms with Crippen LogP contribution in [0.1, 0.15) is 12.8 Å². The highest BCUT2D eigenvalue weighted by molar-refractivity contribution is 5.85. The van der Waals surface area contributed by atoms with Crippen LogP contribution >= 0.6 is 12.4 Å². The van der Waals surface area contributed by atoms with Crippen LogP contribution in [0.3, 0.4) is 0 Å². The number of hydrogen-bond acceptors (Lipinski definition) is 3. The van der Waals surface area contributed by atoms with E-state index in [1.165, 1.54) is 12.3 Å². The summed E-state index contributed by atoms with van der Waals surface area (Å²) in [5.74, 6) is 0.166. The van der Waals surface area contributed by atoms with Crippen LogP contribution in [0, 0.1) is 5.82 Å². The lowest BCUT2D eigenvalue weighted by Gasteiger charge is -2.23. The van der Waals surface area contributed by atoms with Crippen LogP contribution in [0.15, 0.2) is 18.3 Å². The summed E-state index contributed by atoms with van der Waals surface area (Å²) in [6.07, 6.45) is 3.49. The molecule has 0 amide bonds. The van der Waals surface area contributed by atoms with Crippen LogP contribution < -0.4 is 10.1 Å². The molecule has 1 atom stereocenters. The summed E-state index contributed by atoms with van der Waals surface area (Å²) in [7, 11) is 0. The zero-order chi connectivity index (χ0) is 9.80. The molecule has 0 saturated carbocycles. The number of aromatic nitrogens is 1. The van der Waals surface area contributed by atoms with Crippen molar-refractivity contribution >= 4 is 12.4 Å². The second-order valence-electron chi connectivity index (χ2n) is 3.40. The molecule has 3 nitrogen and oxygen atoms in total. The third-order valence-corrected chi connectivity index (χ3v) is 2.24. The lowest BCUT2D eigenvalue weighted by atomic mass is 10.1. The lowest BCUT2D eigenvalue weighted by Crippen LogP contribution is -2.37. The zero-order valence-electron chi connectivity index (χ0n) is 8.28. The molecule has 1 unspecified atom stereocenters. The second kappa shape index (κ2) is 5.88. The van der Waals surface area contributed by atoms with Crippen LogP contribution in [0.2, 0.25) is 0 Å². The number of nitrogens with zero attached hydrogens (tertiary/aromatic N) is 1. The summed E-state index contributed by atoms with van der Waals surface area (Å²) in [6, 6.07) is 2.92. The van der Waals surface area contributed by atoms with E-state index in [4.69, 9.17) is 4.74 Å². The van der Waals surface area contributed by atoms with Gasteiger partial charge in [0.2, 0.25) is 5.88 Å². The van der Waals surface area contributed by atoms with E-state index in [-0.39, 0.29) is 24.3 Å². The fourth-order valence-corrected chi connectivity index (χ4v) is 1.52. The number of piperidine rings is 1. The molecule has 1 aliphatic heterocycles. The quantitative estimate of drug-likeness (QED) is 0.844. The third-order valence-electron chi connectivity index (χ3n) is 2.24. The average Bonchev–Trinajstić information content (AvgIpc) is 2.23. The second-order valence-corrected chi connectivity index (χ2v) is 3.40. The molecule has 1 N–H and O–H groups in total. The summed E-state index contributed by atoms with van der Waals surface area (Å²) in [4.78, 5) is 3.85. The van der Waals surface area contributed by atoms with Gasteiger partial charge >= 0.3 is 0 Å². The first-order chi connectivity index (χ1) is 6.84. The normalized spacial score (nSPS) is 20.5. The molecule has 1 aromatic heterocycles. The number of pyridine rings is 1. The maximum Gasteiger partial charge on any atom is 0.213 e. The van der Waals surface area contributed by atoms with Crippen molar-refractivity contribution in [2.75, 3.05) is 13.1 Å². The summed E-state index contributed by atoms with van der Waals surface area (Å²) in [5.41, 5.74) is 0. The fourth-order valence-electron chi connectivity index (χ4n) is 1.52. The Bertz CT molecular complexity index is 288. The van der Waals surface area contributed by atoms with Gasteiger partial charge in [-0.25, -0.2) is 9.37 Å². The summed E-state index contributed by atoms with van der Waals surface area (Å²) >= 11 is 0. The van der Waals surface area contributed by atoms with Crippen LogP contribution in [0.5, 0.6) is 5.88 Å². The molecule has 15 heavy (non-hydrogen) atoms. The number of nitrogens with one attached hydrogen (secondary N) is 1. The molecule has 0 aliphatic carbocycles. The molecule has 1 fully saturated rings. The molecular formula is C10H14ClFN2O. The van der Waals surface area contributed by atoms with Crippen molar-refractivity contribution in [2.24, 2.45) is 0 Å². The minimum atomic E-state index is -0.334. The Morgan fingerprint density at radius 2 is 2.33 bits per heavy atom. The van der Waals surface area contributed by atoms with Crippen molar-refractivity contribution in [1.82, 2.24) is 10.3 Å². The van der Waals surface area contributed by atoms with E-state index in [9.17, 15) is 4.39 Å². The average molecular weight is 233 g/mol. The Kier molecular flexibility index (Phi) is 4.78. The highest BCUT2D eigenvalue weighted by Crippen LogP contribution is 2.12. The summed E-state index contributed by atoms with van der Waals surface area (Å²) in [6.45, 7) is 1.90. The Labute approximate surface area is 94.5 Å². The number of ether oxygens (including phenoxy) is 1. The molecule has 1 aliphatic rings. The largest absolute Gasteiger partial charge is 0.473 e. The predicted octanol–water partition coefficient (Wildman–Crippen LogP) is 1.77. The number of halogens is 2. The molecule has 1 saturated heterocycles. The highest BCUT2D eigenvalue weighted by Gasteiger charge is 2.14. The molecule has 0 radical (unpaired) electrons. The van der Waals surface area contributed by atoms with Gasteiger partial charge in [0.15, 0.2) is 0 Å². The molecule has 5 heteroatoms. The van der Waals surface area contributed by atoms with Crippen molar-refractivity contribution in [1.29, 1.82) is 0 Å². The van der Waals surface area contributed by atoms with Crippen molar-refractivity contribution in [3.63, 3.8) is 0 Å². The Balaban J connectivity index is 0.00000112. The minimum Gasteiger partial charge on any atom is -0.473 e. The smallest absolute Gasteiger partial charge is 0.213 e. The molecular weight excluding hydrogens is 219 g/mol. The Morgan fingerprint density at radius 3 is 2.93 bits per heavy atom. The summed E-state index contributed by atoms with van der Waals surface area (Å²) in [5, 5.41) is 3.24. The maximum atomic E-state index is 12.5. The standard InChI is InChI=1S/C10H13FN2O.ClH/c11-8-3-4-10(13-6-8)14-9-2-1-5-12-7-9;/h3-4,6,9,12H,1-2,5,7H2;1H. The van der Waals surface area contributed by atoms with E-state index >= 15 is 0 Å². The van der Waals surface area contributed by atoms with Gasteiger partial charge in [-0.1, -0.05) is 0 Å². The number of rotatable bonds is 2. The first kappa shape index (κ1) is 12.2. The predicted molar refractivity (Wildman–Crippen MR) is 58.0 cm³/mol. The number of hydrogen-bond donors (Lipinski definition) is 1. The molecule has 0 spiro atoms. The van der Waals surface area contributed by atoms with Gasteiger partial charge < -0.3 is 10.1 Å². The van der Waals surface area contributed by atoms with Crippen molar-refractivity contribution in [2.45, 2.75) is 18.9 Å². The van der Waals surface area contributed by atoms with E-state index in [1.54, 1.807) is 6.07 Å². The minimum absolute atomic E-state index is 0. The van der Waals surface area contributed by atoms with Crippen LogP contribution in [0.25, 0.3) is 0 Å². The van der Waals surface area contributed by atoms with Crippen LogP contribution in [-0.2, 0) is 0 Å². The first-order valence-corrected chi connectivity index (χ1v) is 4.83. The van der Waals surface area contributed by atoms with E-state index in [2.05, 4.69) is 10.3 Å². The van der Waals surface area contributed by atoms with Gasteiger partial charge in [0.05, 0.1) is 6.20 Å². The van der Waals surface area contributed by atoms with Gasteiger partial charge in [-0.2, -0.15) is 0 Å². The lowest BCUT2D eigenvalue weighted by molar-refractivity contribution is 0.160. The molecule has 0 bridgehead atoms. The van der Waals surface area contributed by atoms with E-state index in [0.29, 0.717) is 5.88 Å². The topological polar surface area (TPSA) is 34.1 Å². The van der Waals surface area contributed by atoms with Gasteiger partial charge in [0, 0.05) is 12.6 Å². The van der Waals surface area contributed by atoms with Crippen LogP contribution in [-0.4, -0.2) is 24.2 Å². The molecule has 2 rings (SSSR count). The van der Waals surface area contributed by atoms with Crippen molar-refractivity contribution in [3.05, 3.63) is 24.1 Å². The van der Waals surface area contributed by atoms with Gasteiger partial charge in [0.1, 0.15) is 11.9 Å². The van der Waals surface area contributed by atoms with E-state index in [1.807, 2.05) is 0 Å². The maximum absolute atomic E-state index is 12.5. The zero-order valence-corrected chi connectivity index (χ0v) is 9.10. The first-order valence-electron chi connectivity index (χ1n) is 4.83. The molecule has 2 heterocycles. The third kappa shape index (κ3) is 3.64. The monoisotopic (exact) mass is 232 g/mol. The highest BCUT2D eigenvalue weighted by atomic mass is 35.5. The van der Waals surface area contributed by atoms with Gasteiger partial charge in [-0.3, -0.25) is 0 Å². The van der Waals surface area contributed by atoms with Crippen LogP contribution in [0.4, 0.5) is 4.39 Å². The van der Waals surface area contributed by atoms with Gasteiger partial charge in [0.25, 0.3) is 0 Å². The van der Waals surface area contributed by atoms with Crippen molar-refractivity contribution in [3.8, 4) is 5.88 Å². The SMILES string of the molecule is Cl.Fc1ccc(OC2CCCNC2)nc1. The van der Waals surface area contributed by atoms with E-state index in [0.717, 1.165) is 25.9 Å². The molecule has 1 aromatic rings. The van der Waals surface area contributed by atoms with Crippen molar-refractivity contribution < 1.29 is 9.13 Å². The Morgan fingerprint density at radius 1 is 1.47 bits per heavy atom. The fraction of sp³-hybridized carbons (Fsp3) is 0.500. The summed E-state index contributed by atoms with van der Waals surface area (Å²) < 4.78 is 18.1. The molecule has 0 aromatic carbocycles.